The van der Waals surface area contributed by atoms with Crippen molar-refractivity contribution in [1.29, 1.82) is 0 Å². The summed E-state index contributed by atoms with van der Waals surface area (Å²) < 4.78 is 9.65. The Labute approximate surface area is 95.5 Å². The molecule has 0 spiro atoms. The van der Waals surface area contributed by atoms with Gasteiger partial charge in [0.15, 0.2) is 0 Å². The predicted octanol–water partition coefficient (Wildman–Crippen LogP) is 1.46. The Balaban J connectivity index is 2.21. The van der Waals surface area contributed by atoms with Crippen LogP contribution in [0.4, 0.5) is 4.79 Å². The van der Waals surface area contributed by atoms with Crippen molar-refractivity contribution in [3.05, 3.63) is 0 Å². The standard InChI is InChI=1S/C11H19NO4/c1-11(2,3)16-10(14)12-8-5-7(8)6-9(13)15-4/h7-8H,5-6H2,1-4H3,(H,12,14)/t7-,8+/m0/s1. The van der Waals surface area contributed by atoms with Crippen LogP contribution in [-0.2, 0) is 14.3 Å². The topological polar surface area (TPSA) is 64.6 Å². The molecule has 1 saturated carbocycles. The minimum absolute atomic E-state index is 0.0500. The van der Waals surface area contributed by atoms with Gasteiger partial charge in [0.25, 0.3) is 0 Å². The summed E-state index contributed by atoms with van der Waals surface area (Å²) in [5.41, 5.74) is -0.489. The number of esters is 1. The van der Waals surface area contributed by atoms with Crippen molar-refractivity contribution in [3.8, 4) is 0 Å². The number of carbonyl (C=O) groups excluding carboxylic acids is 2. The van der Waals surface area contributed by atoms with Gasteiger partial charge in [-0.3, -0.25) is 4.79 Å². The highest BCUT2D eigenvalue weighted by molar-refractivity contribution is 5.71. The fourth-order valence-corrected chi connectivity index (χ4v) is 1.41. The van der Waals surface area contributed by atoms with E-state index in [-0.39, 0.29) is 17.9 Å². The summed E-state index contributed by atoms with van der Waals surface area (Å²) in [7, 11) is 1.36. The molecule has 0 aromatic heterocycles. The molecule has 5 heteroatoms. The van der Waals surface area contributed by atoms with E-state index in [2.05, 4.69) is 10.1 Å². The van der Waals surface area contributed by atoms with Crippen LogP contribution in [0, 0.1) is 5.92 Å². The molecule has 92 valence electrons. The van der Waals surface area contributed by atoms with Gasteiger partial charge >= 0.3 is 12.1 Å². The highest BCUT2D eigenvalue weighted by Gasteiger charge is 2.40. The van der Waals surface area contributed by atoms with Crippen LogP contribution in [0.15, 0.2) is 0 Å². The average molecular weight is 229 g/mol. The smallest absolute Gasteiger partial charge is 0.407 e. The fourth-order valence-electron chi connectivity index (χ4n) is 1.41. The van der Waals surface area contributed by atoms with Crippen LogP contribution >= 0.6 is 0 Å². The normalized spacial score (nSPS) is 23.5. The zero-order chi connectivity index (χ0) is 12.3. The molecule has 1 aliphatic carbocycles. The van der Waals surface area contributed by atoms with Gasteiger partial charge in [0.05, 0.1) is 13.5 Å². The molecule has 0 radical (unpaired) electrons. The molecule has 0 aromatic carbocycles. The lowest BCUT2D eigenvalue weighted by Gasteiger charge is -2.19. The number of hydrogen-bond acceptors (Lipinski definition) is 4. The minimum Gasteiger partial charge on any atom is -0.469 e. The van der Waals surface area contributed by atoms with Gasteiger partial charge in [-0.15, -0.1) is 0 Å². The molecule has 0 heterocycles. The first-order valence-corrected chi connectivity index (χ1v) is 5.38. The lowest BCUT2D eigenvalue weighted by atomic mass is 10.2. The third kappa shape index (κ3) is 4.51. The highest BCUT2D eigenvalue weighted by Crippen LogP contribution is 2.34. The number of amides is 1. The Morgan fingerprint density at radius 1 is 1.38 bits per heavy atom. The Morgan fingerprint density at radius 3 is 2.50 bits per heavy atom. The monoisotopic (exact) mass is 229 g/mol. The summed E-state index contributed by atoms with van der Waals surface area (Å²) in [6, 6.07) is 0.0500. The number of carbonyl (C=O) groups is 2. The lowest BCUT2D eigenvalue weighted by Crippen LogP contribution is -2.34. The number of alkyl carbamates (subject to hydrolysis) is 1. The largest absolute Gasteiger partial charge is 0.469 e. The quantitative estimate of drug-likeness (QED) is 0.744. The van der Waals surface area contributed by atoms with E-state index in [1.807, 2.05) is 20.8 Å². The SMILES string of the molecule is COC(=O)C[C@@H]1C[C@H]1NC(=O)OC(C)(C)C. The second-order valence-electron chi connectivity index (χ2n) is 5.03. The van der Waals surface area contributed by atoms with Crippen LogP contribution in [0.25, 0.3) is 0 Å². The number of methoxy groups -OCH3 is 1. The predicted molar refractivity (Wildman–Crippen MR) is 57.9 cm³/mol. The maximum absolute atomic E-state index is 11.4. The Morgan fingerprint density at radius 2 is 2.00 bits per heavy atom. The van der Waals surface area contributed by atoms with Gasteiger partial charge in [-0.2, -0.15) is 0 Å². The van der Waals surface area contributed by atoms with E-state index >= 15 is 0 Å². The molecule has 0 bridgehead atoms. The summed E-state index contributed by atoms with van der Waals surface area (Å²) in [6.45, 7) is 5.43. The molecule has 0 unspecified atom stereocenters. The minimum atomic E-state index is -0.489. The van der Waals surface area contributed by atoms with Gasteiger partial charge in [0, 0.05) is 6.04 Å². The first kappa shape index (κ1) is 12.8. The molecular weight excluding hydrogens is 210 g/mol. The van der Waals surface area contributed by atoms with Gasteiger partial charge in [-0.1, -0.05) is 0 Å². The van der Waals surface area contributed by atoms with Gasteiger partial charge < -0.3 is 14.8 Å². The van der Waals surface area contributed by atoms with Crippen LogP contribution in [0.3, 0.4) is 0 Å². The number of rotatable bonds is 3. The van der Waals surface area contributed by atoms with E-state index in [1.54, 1.807) is 0 Å². The maximum Gasteiger partial charge on any atom is 0.407 e. The van der Waals surface area contributed by atoms with E-state index in [9.17, 15) is 9.59 Å². The van der Waals surface area contributed by atoms with Gasteiger partial charge in [-0.25, -0.2) is 4.79 Å². The second kappa shape index (κ2) is 4.72. The van der Waals surface area contributed by atoms with Crippen molar-refractivity contribution in [1.82, 2.24) is 5.32 Å². The van der Waals surface area contributed by atoms with Crippen LogP contribution in [0.5, 0.6) is 0 Å². The molecule has 2 atom stereocenters. The van der Waals surface area contributed by atoms with E-state index in [4.69, 9.17) is 4.74 Å². The molecule has 0 aliphatic heterocycles. The molecular formula is C11H19NO4. The van der Waals surface area contributed by atoms with Gasteiger partial charge in [0.1, 0.15) is 5.60 Å². The van der Waals surface area contributed by atoms with Crippen molar-refractivity contribution in [2.45, 2.75) is 45.3 Å². The molecule has 1 rings (SSSR count). The Hall–Kier alpha value is -1.26. The van der Waals surface area contributed by atoms with Crippen LogP contribution < -0.4 is 5.32 Å². The fraction of sp³-hybridized carbons (Fsp3) is 0.818. The number of hydrogen-bond donors (Lipinski definition) is 1. The summed E-state index contributed by atoms with van der Waals surface area (Å²) in [5.74, 6) is -0.0431. The van der Waals surface area contributed by atoms with Crippen LogP contribution in [-0.4, -0.2) is 30.8 Å². The molecule has 16 heavy (non-hydrogen) atoms. The third-order valence-electron chi connectivity index (χ3n) is 2.28. The molecule has 0 aromatic rings. The van der Waals surface area contributed by atoms with E-state index < -0.39 is 11.7 Å². The molecule has 5 nitrogen and oxygen atoms in total. The molecule has 0 saturated heterocycles. The molecule has 1 N–H and O–H groups in total. The molecule has 1 fully saturated rings. The third-order valence-corrected chi connectivity index (χ3v) is 2.28. The zero-order valence-corrected chi connectivity index (χ0v) is 10.2. The van der Waals surface area contributed by atoms with Crippen molar-refractivity contribution in [3.63, 3.8) is 0 Å². The lowest BCUT2D eigenvalue weighted by molar-refractivity contribution is -0.141. The van der Waals surface area contributed by atoms with Crippen LogP contribution in [0.2, 0.25) is 0 Å². The summed E-state index contributed by atoms with van der Waals surface area (Å²) in [4.78, 5) is 22.3. The van der Waals surface area contributed by atoms with E-state index in [0.717, 1.165) is 6.42 Å². The molecule has 1 amide bonds. The summed E-state index contributed by atoms with van der Waals surface area (Å²) in [5, 5.41) is 2.72. The van der Waals surface area contributed by atoms with Crippen molar-refractivity contribution >= 4 is 12.1 Å². The second-order valence-corrected chi connectivity index (χ2v) is 5.03. The van der Waals surface area contributed by atoms with E-state index in [1.165, 1.54) is 7.11 Å². The molecule has 1 aliphatic rings. The van der Waals surface area contributed by atoms with Gasteiger partial charge in [-0.05, 0) is 33.1 Å². The maximum atomic E-state index is 11.4. The number of ether oxygens (including phenoxy) is 2. The summed E-state index contributed by atoms with van der Waals surface area (Å²) >= 11 is 0. The van der Waals surface area contributed by atoms with Crippen molar-refractivity contribution in [2.75, 3.05) is 7.11 Å². The zero-order valence-electron chi connectivity index (χ0n) is 10.2. The summed E-state index contributed by atoms with van der Waals surface area (Å²) in [6.07, 6.45) is 0.746. The van der Waals surface area contributed by atoms with Gasteiger partial charge in [0.2, 0.25) is 0 Å². The average Bonchev–Trinajstić information content (AvgIpc) is 2.79. The first-order valence-electron chi connectivity index (χ1n) is 5.38. The van der Waals surface area contributed by atoms with Crippen LogP contribution in [0.1, 0.15) is 33.6 Å². The van der Waals surface area contributed by atoms with Crippen molar-refractivity contribution in [2.24, 2.45) is 5.92 Å². The highest BCUT2D eigenvalue weighted by atomic mass is 16.6. The van der Waals surface area contributed by atoms with E-state index in [0.29, 0.717) is 6.42 Å². The number of nitrogens with one attached hydrogen (secondary N) is 1. The Kier molecular flexibility index (Phi) is 3.78. The first-order chi connectivity index (χ1) is 7.31. The van der Waals surface area contributed by atoms with Crippen molar-refractivity contribution < 1.29 is 19.1 Å². The Bertz CT molecular complexity index is 282.